The van der Waals surface area contributed by atoms with Crippen LogP contribution in [-0.2, 0) is 16.1 Å². The first-order valence-corrected chi connectivity index (χ1v) is 5.42. The number of H-pyrrole nitrogens is 1. The number of nitrogens with one attached hydrogen (secondary N) is 1. The summed E-state index contributed by atoms with van der Waals surface area (Å²) in [5.41, 5.74) is 0.0414. The Balaban J connectivity index is 2.65. The molecule has 0 fully saturated rings. The number of aromatic amines is 1. The Bertz CT molecular complexity index is 396. The molecule has 0 aliphatic carbocycles. The van der Waals surface area contributed by atoms with E-state index in [-0.39, 0.29) is 12.3 Å². The summed E-state index contributed by atoms with van der Waals surface area (Å²) in [6.45, 7) is 3.75. The maximum Gasteiger partial charge on any atom is 0.304 e. The van der Waals surface area contributed by atoms with Crippen LogP contribution in [0.4, 0.5) is 0 Å². The molecule has 0 radical (unpaired) electrons. The molecule has 0 atom stereocenters. The van der Waals surface area contributed by atoms with Crippen LogP contribution in [0, 0.1) is 5.41 Å². The van der Waals surface area contributed by atoms with Crippen LogP contribution in [-0.4, -0.2) is 33.9 Å². The van der Waals surface area contributed by atoms with E-state index >= 15 is 0 Å². The molecule has 5 nitrogen and oxygen atoms in total. The van der Waals surface area contributed by atoms with Crippen molar-refractivity contribution >= 4 is 11.9 Å². The van der Waals surface area contributed by atoms with E-state index in [0.717, 1.165) is 5.69 Å². The quantitative estimate of drug-likeness (QED) is 0.815. The largest absolute Gasteiger partial charge is 0.481 e. The first-order valence-electron chi connectivity index (χ1n) is 5.42. The molecule has 1 aromatic heterocycles. The lowest BCUT2D eigenvalue weighted by Crippen LogP contribution is -2.39. The van der Waals surface area contributed by atoms with E-state index in [2.05, 4.69) is 4.98 Å². The highest BCUT2D eigenvalue weighted by Gasteiger charge is 2.32. The molecule has 0 unspecified atom stereocenters. The van der Waals surface area contributed by atoms with Crippen molar-refractivity contribution in [3.63, 3.8) is 0 Å². The number of aliphatic carboxylic acids is 1. The van der Waals surface area contributed by atoms with E-state index in [1.807, 2.05) is 12.1 Å². The van der Waals surface area contributed by atoms with Gasteiger partial charge in [0.25, 0.3) is 0 Å². The third kappa shape index (κ3) is 3.62. The van der Waals surface area contributed by atoms with E-state index in [0.29, 0.717) is 6.54 Å². The van der Waals surface area contributed by atoms with Gasteiger partial charge in [-0.1, -0.05) is 13.8 Å². The monoisotopic (exact) mass is 238 g/mol. The Morgan fingerprint density at radius 3 is 2.59 bits per heavy atom. The van der Waals surface area contributed by atoms with E-state index in [9.17, 15) is 9.59 Å². The second-order valence-corrected chi connectivity index (χ2v) is 4.81. The highest BCUT2D eigenvalue weighted by Crippen LogP contribution is 2.23. The van der Waals surface area contributed by atoms with Gasteiger partial charge in [-0.05, 0) is 12.1 Å². The van der Waals surface area contributed by atoms with Crippen LogP contribution < -0.4 is 0 Å². The number of carbonyl (C=O) groups excluding carboxylic acids is 1. The first-order chi connectivity index (χ1) is 7.83. The number of rotatable bonds is 5. The molecule has 94 valence electrons. The lowest BCUT2D eigenvalue weighted by Gasteiger charge is -2.27. The van der Waals surface area contributed by atoms with Crippen LogP contribution in [0.3, 0.4) is 0 Å². The lowest BCUT2D eigenvalue weighted by atomic mass is 9.88. The molecule has 1 aromatic rings. The Hall–Kier alpha value is -1.78. The Morgan fingerprint density at radius 2 is 2.12 bits per heavy atom. The van der Waals surface area contributed by atoms with Crippen molar-refractivity contribution in [3.05, 3.63) is 24.0 Å². The number of nitrogens with zero attached hydrogens (tertiary/aromatic N) is 1. The van der Waals surface area contributed by atoms with Crippen LogP contribution in [0.1, 0.15) is 26.0 Å². The van der Waals surface area contributed by atoms with Gasteiger partial charge in [0.1, 0.15) is 0 Å². The molecule has 0 aromatic carbocycles. The highest BCUT2D eigenvalue weighted by atomic mass is 16.4. The first kappa shape index (κ1) is 13.3. The van der Waals surface area contributed by atoms with Gasteiger partial charge in [-0.2, -0.15) is 0 Å². The Morgan fingerprint density at radius 1 is 1.47 bits per heavy atom. The van der Waals surface area contributed by atoms with Crippen LogP contribution in [0.5, 0.6) is 0 Å². The normalized spacial score (nSPS) is 11.2. The number of hydrogen-bond acceptors (Lipinski definition) is 2. The van der Waals surface area contributed by atoms with Crippen molar-refractivity contribution in [1.82, 2.24) is 9.88 Å². The maximum atomic E-state index is 12.1. The summed E-state index contributed by atoms with van der Waals surface area (Å²) in [5, 5.41) is 8.76. The summed E-state index contributed by atoms with van der Waals surface area (Å²) in [4.78, 5) is 27.3. The number of amides is 1. The van der Waals surface area contributed by atoms with Crippen molar-refractivity contribution in [2.75, 3.05) is 7.05 Å². The molecule has 0 saturated carbocycles. The minimum Gasteiger partial charge on any atom is -0.481 e. The van der Waals surface area contributed by atoms with E-state index < -0.39 is 11.4 Å². The molecule has 0 spiro atoms. The van der Waals surface area contributed by atoms with E-state index in [1.165, 1.54) is 4.90 Å². The van der Waals surface area contributed by atoms with Crippen LogP contribution in [0.25, 0.3) is 0 Å². The van der Waals surface area contributed by atoms with Gasteiger partial charge in [0.05, 0.1) is 18.4 Å². The Labute approximate surface area is 100 Å². The molecule has 17 heavy (non-hydrogen) atoms. The maximum absolute atomic E-state index is 12.1. The smallest absolute Gasteiger partial charge is 0.304 e. The third-order valence-corrected chi connectivity index (χ3v) is 2.59. The summed E-state index contributed by atoms with van der Waals surface area (Å²) in [6, 6.07) is 3.74. The molecular weight excluding hydrogens is 220 g/mol. The molecule has 0 aliphatic heterocycles. The van der Waals surface area contributed by atoms with Crippen molar-refractivity contribution in [3.8, 4) is 0 Å². The number of carboxylic acids is 1. The van der Waals surface area contributed by atoms with Crippen molar-refractivity contribution in [2.45, 2.75) is 26.8 Å². The number of carboxylic acid groups (broad SMARTS) is 1. The van der Waals surface area contributed by atoms with E-state index in [4.69, 9.17) is 5.11 Å². The molecule has 0 aliphatic rings. The van der Waals surface area contributed by atoms with Gasteiger partial charge < -0.3 is 15.0 Å². The summed E-state index contributed by atoms with van der Waals surface area (Å²) >= 11 is 0. The summed E-state index contributed by atoms with van der Waals surface area (Å²) in [7, 11) is 1.67. The standard InChI is InChI=1S/C12H18N2O3/c1-12(2,7-10(15)16)11(17)14(3)8-9-5-4-6-13-9/h4-6,13H,7-8H2,1-3H3,(H,15,16). The number of aromatic nitrogens is 1. The van der Waals surface area contributed by atoms with Crippen LogP contribution in [0.15, 0.2) is 18.3 Å². The van der Waals surface area contributed by atoms with Gasteiger partial charge in [-0.3, -0.25) is 9.59 Å². The van der Waals surface area contributed by atoms with Crippen molar-refractivity contribution in [2.24, 2.45) is 5.41 Å². The van der Waals surface area contributed by atoms with Gasteiger partial charge in [-0.15, -0.1) is 0 Å². The Kier molecular flexibility index (Phi) is 3.93. The molecule has 1 heterocycles. The zero-order chi connectivity index (χ0) is 13.1. The van der Waals surface area contributed by atoms with Gasteiger partial charge >= 0.3 is 5.97 Å². The predicted octanol–water partition coefficient (Wildman–Crippen LogP) is 1.47. The molecule has 0 bridgehead atoms. The highest BCUT2D eigenvalue weighted by molar-refractivity contribution is 5.86. The minimum absolute atomic E-state index is 0.166. The number of carbonyl (C=O) groups is 2. The average molecular weight is 238 g/mol. The molecule has 0 saturated heterocycles. The molecule has 5 heteroatoms. The second-order valence-electron chi connectivity index (χ2n) is 4.81. The predicted molar refractivity (Wildman–Crippen MR) is 63.3 cm³/mol. The molecular formula is C12H18N2O3. The lowest BCUT2D eigenvalue weighted by molar-refractivity contribution is -0.148. The molecule has 1 amide bonds. The second kappa shape index (κ2) is 5.03. The topological polar surface area (TPSA) is 73.4 Å². The summed E-state index contributed by atoms with van der Waals surface area (Å²) < 4.78 is 0. The van der Waals surface area contributed by atoms with Crippen molar-refractivity contribution < 1.29 is 14.7 Å². The van der Waals surface area contributed by atoms with Gasteiger partial charge in [-0.25, -0.2) is 0 Å². The minimum atomic E-state index is -0.961. The summed E-state index contributed by atoms with van der Waals surface area (Å²) in [5.74, 6) is -1.13. The fourth-order valence-corrected chi connectivity index (χ4v) is 1.76. The molecule has 1 rings (SSSR count). The number of hydrogen-bond donors (Lipinski definition) is 2. The van der Waals surface area contributed by atoms with Crippen LogP contribution >= 0.6 is 0 Å². The van der Waals surface area contributed by atoms with Gasteiger partial charge in [0.15, 0.2) is 0 Å². The third-order valence-electron chi connectivity index (χ3n) is 2.59. The average Bonchev–Trinajstić information content (AvgIpc) is 2.67. The zero-order valence-corrected chi connectivity index (χ0v) is 10.4. The fourth-order valence-electron chi connectivity index (χ4n) is 1.76. The fraction of sp³-hybridized carbons (Fsp3) is 0.500. The van der Waals surface area contributed by atoms with E-state index in [1.54, 1.807) is 27.1 Å². The zero-order valence-electron chi connectivity index (χ0n) is 10.4. The van der Waals surface area contributed by atoms with Crippen LogP contribution in [0.2, 0.25) is 0 Å². The molecule has 2 N–H and O–H groups in total. The SMILES string of the molecule is CN(Cc1ccc[nH]1)C(=O)C(C)(C)CC(=O)O. The van der Waals surface area contributed by atoms with Gasteiger partial charge in [0, 0.05) is 18.9 Å². The summed E-state index contributed by atoms with van der Waals surface area (Å²) in [6.07, 6.45) is 1.62. The van der Waals surface area contributed by atoms with Crippen molar-refractivity contribution in [1.29, 1.82) is 0 Å². The van der Waals surface area contributed by atoms with Gasteiger partial charge in [0.2, 0.25) is 5.91 Å².